The summed E-state index contributed by atoms with van der Waals surface area (Å²) in [6, 6.07) is 17.0. The van der Waals surface area contributed by atoms with Crippen LogP contribution in [0, 0.1) is 0 Å². The molecule has 1 saturated heterocycles. The van der Waals surface area contributed by atoms with Crippen molar-refractivity contribution in [2.45, 2.75) is 31.7 Å². The second-order valence-electron chi connectivity index (χ2n) is 8.08. The molecule has 2 heterocycles. The SMILES string of the molecule is CN(CCCN1c2ccccc2CCc2ccccc21)CC(=O)NC1CCSC1=O. The zero-order chi connectivity index (χ0) is 20.9. The molecule has 0 aliphatic carbocycles. The van der Waals surface area contributed by atoms with Crippen LogP contribution in [0.1, 0.15) is 24.0 Å². The molecule has 2 aliphatic rings. The van der Waals surface area contributed by atoms with Gasteiger partial charge in [-0.15, -0.1) is 0 Å². The van der Waals surface area contributed by atoms with E-state index in [1.54, 1.807) is 0 Å². The first-order valence-electron chi connectivity index (χ1n) is 10.7. The minimum absolute atomic E-state index is 0.0659. The van der Waals surface area contributed by atoms with Gasteiger partial charge < -0.3 is 10.2 Å². The van der Waals surface area contributed by atoms with Gasteiger partial charge in [-0.05, 0) is 56.0 Å². The lowest BCUT2D eigenvalue weighted by molar-refractivity contribution is -0.125. The molecular weight excluding hydrogens is 394 g/mol. The first-order valence-corrected chi connectivity index (χ1v) is 11.7. The maximum absolute atomic E-state index is 12.3. The van der Waals surface area contributed by atoms with Crippen molar-refractivity contribution in [3.8, 4) is 0 Å². The molecule has 1 unspecified atom stereocenters. The van der Waals surface area contributed by atoms with Crippen LogP contribution in [0.15, 0.2) is 48.5 Å². The number of carbonyl (C=O) groups is 2. The van der Waals surface area contributed by atoms with Crippen LogP contribution in [-0.2, 0) is 22.4 Å². The maximum atomic E-state index is 12.3. The fourth-order valence-corrected chi connectivity index (χ4v) is 5.23. The third kappa shape index (κ3) is 4.87. The van der Waals surface area contributed by atoms with Crippen LogP contribution < -0.4 is 10.2 Å². The highest BCUT2D eigenvalue weighted by molar-refractivity contribution is 8.14. The summed E-state index contributed by atoms with van der Waals surface area (Å²) in [6.45, 7) is 2.04. The van der Waals surface area contributed by atoms with Gasteiger partial charge in [0.1, 0.15) is 0 Å². The van der Waals surface area contributed by atoms with Crippen molar-refractivity contribution in [1.29, 1.82) is 0 Å². The highest BCUT2D eigenvalue weighted by atomic mass is 32.2. The number of aryl methyl sites for hydroxylation is 2. The summed E-state index contributed by atoms with van der Waals surface area (Å²) < 4.78 is 0. The van der Waals surface area contributed by atoms with Gasteiger partial charge in [-0.2, -0.15) is 0 Å². The summed E-state index contributed by atoms with van der Waals surface area (Å²) in [7, 11) is 1.97. The number of para-hydroxylation sites is 2. The standard InChI is InChI=1S/C24H29N3O2S/c1-26(17-23(28)25-20-13-16-30-24(20)29)14-6-15-27-21-9-4-2-7-18(21)11-12-19-8-3-5-10-22(19)27/h2-5,7-10,20H,6,11-17H2,1H3,(H,25,28). The molecule has 2 aromatic carbocycles. The van der Waals surface area contributed by atoms with Gasteiger partial charge in [-0.3, -0.25) is 14.5 Å². The number of nitrogens with zero attached hydrogens (tertiary/aromatic N) is 2. The van der Waals surface area contributed by atoms with Crippen molar-refractivity contribution in [3.63, 3.8) is 0 Å². The minimum Gasteiger partial charge on any atom is -0.344 e. The lowest BCUT2D eigenvalue weighted by Crippen LogP contribution is -2.43. The first-order chi connectivity index (χ1) is 14.6. The molecule has 1 atom stereocenters. The van der Waals surface area contributed by atoms with Crippen LogP contribution in [0.5, 0.6) is 0 Å². The summed E-state index contributed by atoms with van der Waals surface area (Å²) in [5, 5.41) is 2.96. The van der Waals surface area contributed by atoms with E-state index in [9.17, 15) is 9.59 Å². The number of hydrogen-bond acceptors (Lipinski definition) is 5. The van der Waals surface area contributed by atoms with E-state index < -0.39 is 0 Å². The molecule has 0 spiro atoms. The molecule has 1 amide bonds. The average Bonchev–Trinajstić information content (AvgIpc) is 3.06. The molecule has 1 N–H and O–H groups in total. The van der Waals surface area contributed by atoms with Gasteiger partial charge in [0.15, 0.2) is 0 Å². The van der Waals surface area contributed by atoms with Crippen molar-refractivity contribution in [3.05, 3.63) is 59.7 Å². The normalized spacial score (nSPS) is 18.1. The van der Waals surface area contributed by atoms with Crippen molar-refractivity contribution in [2.24, 2.45) is 0 Å². The summed E-state index contributed by atoms with van der Waals surface area (Å²) in [4.78, 5) is 28.4. The third-order valence-corrected chi connectivity index (χ3v) is 6.84. The predicted octanol–water partition coefficient (Wildman–Crippen LogP) is 3.39. The van der Waals surface area contributed by atoms with Crippen molar-refractivity contribution in [2.75, 3.05) is 37.3 Å². The summed E-state index contributed by atoms with van der Waals surface area (Å²) in [6.07, 6.45) is 3.81. The summed E-state index contributed by atoms with van der Waals surface area (Å²) in [5.41, 5.74) is 5.36. The second kappa shape index (κ2) is 9.67. The molecule has 158 valence electrons. The number of carbonyl (C=O) groups excluding carboxylic acids is 2. The van der Waals surface area contributed by atoms with E-state index in [1.165, 1.54) is 34.3 Å². The second-order valence-corrected chi connectivity index (χ2v) is 9.18. The van der Waals surface area contributed by atoms with Crippen LogP contribution in [-0.4, -0.2) is 54.4 Å². The van der Waals surface area contributed by atoms with Crippen molar-refractivity contribution < 1.29 is 9.59 Å². The van der Waals surface area contributed by atoms with Crippen LogP contribution in [0.3, 0.4) is 0 Å². The highest BCUT2D eigenvalue weighted by Gasteiger charge is 2.27. The Kier molecular flexibility index (Phi) is 6.75. The van der Waals surface area contributed by atoms with Gasteiger partial charge in [0.05, 0.1) is 12.6 Å². The van der Waals surface area contributed by atoms with E-state index in [0.717, 1.165) is 44.5 Å². The number of benzene rings is 2. The number of rotatable bonds is 7. The Labute approximate surface area is 182 Å². The van der Waals surface area contributed by atoms with Gasteiger partial charge in [0.2, 0.25) is 11.0 Å². The lowest BCUT2D eigenvalue weighted by Gasteiger charge is -2.28. The smallest absolute Gasteiger partial charge is 0.234 e. The van der Waals surface area contributed by atoms with Crippen molar-refractivity contribution >= 4 is 34.2 Å². The molecular formula is C24H29N3O2S. The van der Waals surface area contributed by atoms with Gasteiger partial charge in [0, 0.05) is 30.2 Å². The van der Waals surface area contributed by atoms with Gasteiger partial charge in [-0.1, -0.05) is 48.2 Å². The average molecular weight is 424 g/mol. The largest absolute Gasteiger partial charge is 0.344 e. The zero-order valence-electron chi connectivity index (χ0n) is 17.5. The monoisotopic (exact) mass is 423 g/mol. The Balaban J connectivity index is 1.35. The molecule has 0 aromatic heterocycles. The molecule has 0 bridgehead atoms. The van der Waals surface area contributed by atoms with E-state index in [-0.39, 0.29) is 17.1 Å². The number of anilines is 2. The Bertz CT molecular complexity index is 869. The van der Waals surface area contributed by atoms with Crippen LogP contribution >= 0.6 is 11.8 Å². The molecule has 5 nitrogen and oxygen atoms in total. The van der Waals surface area contributed by atoms with Gasteiger partial charge >= 0.3 is 0 Å². The number of likely N-dealkylation sites (N-methyl/N-ethyl adjacent to an activating group) is 1. The fourth-order valence-electron chi connectivity index (χ4n) is 4.30. The van der Waals surface area contributed by atoms with E-state index in [4.69, 9.17) is 0 Å². The zero-order valence-corrected chi connectivity index (χ0v) is 18.3. The number of fused-ring (bicyclic) bond motifs is 2. The molecule has 30 heavy (non-hydrogen) atoms. The molecule has 2 aliphatic heterocycles. The Morgan fingerprint density at radius 3 is 2.33 bits per heavy atom. The van der Waals surface area contributed by atoms with Crippen LogP contribution in [0.2, 0.25) is 0 Å². The van der Waals surface area contributed by atoms with Crippen molar-refractivity contribution in [1.82, 2.24) is 10.2 Å². The lowest BCUT2D eigenvalue weighted by atomic mass is 10.0. The Morgan fingerprint density at radius 2 is 1.73 bits per heavy atom. The Hall–Kier alpha value is -2.31. The van der Waals surface area contributed by atoms with Crippen LogP contribution in [0.4, 0.5) is 11.4 Å². The third-order valence-electron chi connectivity index (χ3n) is 5.83. The van der Waals surface area contributed by atoms with E-state index >= 15 is 0 Å². The van der Waals surface area contributed by atoms with E-state index in [2.05, 4.69) is 58.7 Å². The topological polar surface area (TPSA) is 52.6 Å². The van der Waals surface area contributed by atoms with E-state index in [1.807, 2.05) is 11.9 Å². The molecule has 0 saturated carbocycles. The summed E-state index contributed by atoms with van der Waals surface area (Å²) >= 11 is 1.31. The molecule has 6 heteroatoms. The number of amides is 1. The van der Waals surface area contributed by atoms with Crippen LogP contribution in [0.25, 0.3) is 0 Å². The van der Waals surface area contributed by atoms with Gasteiger partial charge in [-0.25, -0.2) is 0 Å². The molecule has 1 fully saturated rings. The fraction of sp³-hybridized carbons (Fsp3) is 0.417. The molecule has 4 rings (SSSR count). The number of nitrogens with one attached hydrogen (secondary N) is 1. The highest BCUT2D eigenvalue weighted by Crippen LogP contribution is 2.35. The predicted molar refractivity (Wildman–Crippen MR) is 123 cm³/mol. The van der Waals surface area contributed by atoms with E-state index in [0.29, 0.717) is 6.54 Å². The first kappa shape index (κ1) is 20.9. The Morgan fingerprint density at radius 1 is 1.10 bits per heavy atom. The number of hydrogen-bond donors (Lipinski definition) is 1. The number of thioether (sulfide) groups is 1. The van der Waals surface area contributed by atoms with Gasteiger partial charge in [0.25, 0.3) is 0 Å². The summed E-state index contributed by atoms with van der Waals surface area (Å²) in [5.74, 6) is 0.738. The molecule has 0 radical (unpaired) electrons. The minimum atomic E-state index is -0.305. The maximum Gasteiger partial charge on any atom is 0.234 e. The molecule has 2 aromatic rings. The quantitative estimate of drug-likeness (QED) is 0.740.